The lowest BCUT2D eigenvalue weighted by Gasteiger charge is -2.15. The molecule has 0 unspecified atom stereocenters. The maximum atomic E-state index is 12.9. The molecule has 1 aliphatic heterocycles. The maximum Gasteiger partial charge on any atom is 0.276 e. The number of aliphatic hydroxyl groups excluding tert-OH is 1. The summed E-state index contributed by atoms with van der Waals surface area (Å²) >= 11 is 6.02. The number of nitrogens with zero attached hydrogens (tertiary/aromatic N) is 2. The van der Waals surface area contributed by atoms with E-state index in [1.807, 2.05) is 30.3 Å². The van der Waals surface area contributed by atoms with Crippen LogP contribution in [0, 0.1) is 0 Å². The molecule has 1 atom stereocenters. The van der Waals surface area contributed by atoms with Crippen molar-refractivity contribution in [3.05, 3.63) is 93.4 Å². The second-order valence-corrected chi connectivity index (χ2v) is 7.50. The number of aromatic amines is 1. The van der Waals surface area contributed by atoms with Crippen molar-refractivity contribution < 1.29 is 14.6 Å². The molecular formula is C23H17ClN4O4. The van der Waals surface area contributed by atoms with Gasteiger partial charge in [-0.3, -0.25) is 10.2 Å². The van der Waals surface area contributed by atoms with Gasteiger partial charge in [0.2, 0.25) is 6.79 Å². The van der Waals surface area contributed by atoms with E-state index in [4.69, 9.17) is 21.1 Å². The van der Waals surface area contributed by atoms with Crippen LogP contribution >= 0.6 is 11.6 Å². The molecule has 0 fully saturated rings. The van der Waals surface area contributed by atoms with Crippen LogP contribution in [0.5, 0.6) is 11.5 Å². The van der Waals surface area contributed by atoms with Crippen molar-refractivity contribution in [2.45, 2.75) is 6.10 Å². The minimum atomic E-state index is -1.26. The van der Waals surface area contributed by atoms with Crippen LogP contribution in [-0.4, -0.2) is 27.6 Å². The number of anilines is 1. The van der Waals surface area contributed by atoms with Crippen LogP contribution < -0.4 is 20.5 Å². The Hall–Kier alpha value is -3.88. The number of benzene rings is 3. The highest BCUT2D eigenvalue weighted by Gasteiger charge is 2.25. The van der Waals surface area contributed by atoms with Crippen LogP contribution in [-0.2, 0) is 0 Å². The van der Waals surface area contributed by atoms with Crippen LogP contribution in [0.25, 0.3) is 11.0 Å². The van der Waals surface area contributed by atoms with E-state index >= 15 is 0 Å². The van der Waals surface area contributed by atoms with Gasteiger partial charge in [-0.05, 0) is 48.0 Å². The van der Waals surface area contributed by atoms with Crippen molar-refractivity contribution in [3.63, 3.8) is 0 Å². The number of fused-ring (bicyclic) bond motifs is 2. The number of H-pyrrole nitrogens is 1. The van der Waals surface area contributed by atoms with Gasteiger partial charge in [0.1, 0.15) is 11.8 Å². The molecule has 2 heterocycles. The molecule has 5 rings (SSSR count). The second-order valence-electron chi connectivity index (χ2n) is 7.07. The highest BCUT2D eigenvalue weighted by atomic mass is 35.5. The van der Waals surface area contributed by atoms with Gasteiger partial charge in [0.05, 0.1) is 16.7 Å². The van der Waals surface area contributed by atoms with E-state index in [1.165, 1.54) is 0 Å². The second kappa shape index (κ2) is 8.33. The summed E-state index contributed by atoms with van der Waals surface area (Å²) in [4.78, 5) is 20.1. The Morgan fingerprint density at radius 1 is 1.09 bits per heavy atom. The van der Waals surface area contributed by atoms with E-state index in [1.54, 1.807) is 36.4 Å². The summed E-state index contributed by atoms with van der Waals surface area (Å²) < 4.78 is 10.7. The molecule has 0 saturated heterocycles. The highest BCUT2D eigenvalue weighted by Crippen LogP contribution is 2.34. The van der Waals surface area contributed by atoms with Gasteiger partial charge >= 0.3 is 0 Å². The fourth-order valence-corrected chi connectivity index (χ4v) is 3.53. The van der Waals surface area contributed by atoms with Gasteiger partial charge in [0, 0.05) is 5.02 Å². The highest BCUT2D eigenvalue weighted by molar-refractivity contribution is 6.31. The van der Waals surface area contributed by atoms with Gasteiger partial charge in [-0.1, -0.05) is 35.9 Å². The average Bonchev–Trinajstić information content (AvgIpc) is 3.28. The summed E-state index contributed by atoms with van der Waals surface area (Å²) in [6.07, 6.45) is -1.26. The van der Waals surface area contributed by atoms with Gasteiger partial charge in [0.25, 0.3) is 5.56 Å². The van der Waals surface area contributed by atoms with Crippen LogP contribution in [0.2, 0.25) is 5.02 Å². The molecule has 0 saturated carbocycles. The molecule has 1 aromatic heterocycles. The van der Waals surface area contributed by atoms with Crippen LogP contribution in [0.3, 0.4) is 0 Å². The Labute approximate surface area is 187 Å². The Balaban J connectivity index is 1.61. The molecule has 32 heavy (non-hydrogen) atoms. The Kier molecular flexibility index (Phi) is 5.22. The molecule has 9 heteroatoms. The Bertz CT molecular complexity index is 1390. The lowest BCUT2D eigenvalue weighted by atomic mass is 10.0. The minimum Gasteiger partial charge on any atom is -0.454 e. The van der Waals surface area contributed by atoms with Crippen molar-refractivity contribution in [1.82, 2.24) is 9.97 Å². The number of para-hydroxylation sites is 1. The summed E-state index contributed by atoms with van der Waals surface area (Å²) in [6.45, 7) is 0.111. The minimum absolute atomic E-state index is 0.0200. The SMILES string of the molecule is O=c1[nH]c2cc(Cl)ccc2nc1/C(=N/Nc1ccccc1)[C@H](O)c1ccc2c(c1)OCO2. The molecule has 8 nitrogen and oxygen atoms in total. The fraction of sp³-hybridized carbons (Fsp3) is 0.0870. The number of ether oxygens (including phenoxy) is 2. The number of hydrogen-bond acceptors (Lipinski definition) is 7. The molecule has 4 aromatic rings. The third-order valence-electron chi connectivity index (χ3n) is 4.95. The summed E-state index contributed by atoms with van der Waals surface area (Å²) in [5, 5.41) is 16.0. The fourth-order valence-electron chi connectivity index (χ4n) is 3.35. The summed E-state index contributed by atoms with van der Waals surface area (Å²) in [7, 11) is 0. The van der Waals surface area contributed by atoms with Crippen LogP contribution in [0.4, 0.5) is 5.69 Å². The van der Waals surface area contributed by atoms with E-state index in [2.05, 4.69) is 20.5 Å². The van der Waals surface area contributed by atoms with E-state index < -0.39 is 11.7 Å². The molecule has 3 aromatic carbocycles. The zero-order chi connectivity index (χ0) is 22.1. The number of hydrogen-bond donors (Lipinski definition) is 3. The predicted octanol–water partition coefficient (Wildman–Crippen LogP) is 3.86. The number of halogens is 1. The predicted molar refractivity (Wildman–Crippen MR) is 122 cm³/mol. The van der Waals surface area contributed by atoms with E-state index in [-0.39, 0.29) is 18.2 Å². The molecule has 0 bridgehead atoms. The molecular weight excluding hydrogens is 432 g/mol. The summed E-state index contributed by atoms with van der Waals surface area (Å²) in [5.41, 5.74) is 4.56. The van der Waals surface area contributed by atoms with Crippen molar-refractivity contribution in [2.24, 2.45) is 5.10 Å². The Morgan fingerprint density at radius 3 is 2.75 bits per heavy atom. The van der Waals surface area contributed by atoms with Crippen molar-refractivity contribution in [2.75, 3.05) is 12.2 Å². The molecule has 0 amide bonds. The smallest absolute Gasteiger partial charge is 0.276 e. The number of hydrazone groups is 1. The molecule has 0 aliphatic carbocycles. The lowest BCUT2D eigenvalue weighted by Crippen LogP contribution is -2.26. The van der Waals surface area contributed by atoms with E-state index in [9.17, 15) is 9.90 Å². The lowest BCUT2D eigenvalue weighted by molar-refractivity contribution is 0.173. The van der Waals surface area contributed by atoms with Crippen molar-refractivity contribution >= 4 is 34.0 Å². The normalized spacial score (nSPS) is 13.9. The first-order valence-corrected chi connectivity index (χ1v) is 10.1. The molecule has 1 aliphatic rings. The third kappa shape index (κ3) is 3.89. The molecule has 0 spiro atoms. The first-order chi connectivity index (χ1) is 15.6. The quantitative estimate of drug-likeness (QED) is 0.316. The van der Waals surface area contributed by atoms with Crippen LogP contribution in [0.15, 0.2) is 76.6 Å². The molecule has 160 valence electrons. The van der Waals surface area contributed by atoms with Gasteiger partial charge in [-0.15, -0.1) is 0 Å². The first-order valence-electron chi connectivity index (χ1n) is 9.75. The van der Waals surface area contributed by atoms with Crippen molar-refractivity contribution in [3.8, 4) is 11.5 Å². The monoisotopic (exact) mass is 448 g/mol. The van der Waals surface area contributed by atoms with Gasteiger partial charge in [-0.25, -0.2) is 4.98 Å². The zero-order valence-corrected chi connectivity index (χ0v) is 17.3. The van der Waals surface area contributed by atoms with Crippen molar-refractivity contribution in [1.29, 1.82) is 0 Å². The van der Waals surface area contributed by atoms with Gasteiger partial charge in [0.15, 0.2) is 17.2 Å². The zero-order valence-electron chi connectivity index (χ0n) is 16.6. The van der Waals surface area contributed by atoms with Gasteiger partial charge < -0.3 is 19.6 Å². The van der Waals surface area contributed by atoms with E-state index in [0.717, 1.165) is 0 Å². The number of rotatable bonds is 5. The summed E-state index contributed by atoms with van der Waals surface area (Å²) in [5.74, 6) is 1.09. The molecule has 3 N–H and O–H groups in total. The summed E-state index contributed by atoms with van der Waals surface area (Å²) in [6, 6.07) is 19.2. The number of aromatic nitrogens is 2. The average molecular weight is 449 g/mol. The van der Waals surface area contributed by atoms with E-state index in [0.29, 0.717) is 38.8 Å². The topological polar surface area (TPSA) is 109 Å². The first kappa shape index (κ1) is 20.0. The maximum absolute atomic E-state index is 12.9. The van der Waals surface area contributed by atoms with Crippen LogP contribution in [0.1, 0.15) is 17.4 Å². The Morgan fingerprint density at radius 2 is 1.91 bits per heavy atom. The standard InChI is InChI=1S/C23H17ClN4O4/c24-14-7-8-16-17(11-14)26-23(30)21(25-16)20(28-27-15-4-2-1-3-5-15)22(29)13-6-9-18-19(10-13)32-12-31-18/h1-11,22,27,29H,12H2,(H,26,30)/b28-20-/t22-/m1/s1. The largest absolute Gasteiger partial charge is 0.454 e. The third-order valence-corrected chi connectivity index (χ3v) is 5.18. The number of nitrogens with one attached hydrogen (secondary N) is 2. The molecule has 0 radical (unpaired) electrons. The van der Waals surface area contributed by atoms with Gasteiger partial charge in [-0.2, -0.15) is 5.10 Å². The number of aliphatic hydroxyl groups is 1.